The Kier molecular flexibility index (Phi) is 10.9. The first-order valence-electron chi connectivity index (χ1n) is 16.6. The van der Waals surface area contributed by atoms with E-state index in [-0.39, 0.29) is 23.3 Å². The Hall–Kier alpha value is -4.89. The van der Waals surface area contributed by atoms with Gasteiger partial charge in [0.25, 0.3) is 0 Å². The highest BCUT2D eigenvalue weighted by Crippen LogP contribution is 2.48. The van der Waals surface area contributed by atoms with Crippen LogP contribution < -0.4 is 9.47 Å². The molecule has 0 fully saturated rings. The number of aliphatic hydroxyl groups excluding tert-OH is 1. The van der Waals surface area contributed by atoms with Gasteiger partial charge in [-0.3, -0.25) is 0 Å². The minimum atomic E-state index is -0.436. The van der Waals surface area contributed by atoms with Crippen LogP contribution in [-0.4, -0.2) is 42.4 Å². The average molecular weight is 683 g/mol. The molecule has 0 aliphatic heterocycles. The quantitative estimate of drug-likeness (QED) is 0.185. The van der Waals surface area contributed by atoms with E-state index in [9.17, 15) is 18.7 Å². The van der Waals surface area contributed by atoms with E-state index < -0.39 is 11.8 Å². The summed E-state index contributed by atoms with van der Waals surface area (Å²) in [5.74, 6) is -0.520. The van der Waals surface area contributed by atoms with E-state index in [1.165, 1.54) is 33.1 Å². The number of benzene rings is 2. The third-order valence-electron chi connectivity index (χ3n) is 9.64. The summed E-state index contributed by atoms with van der Waals surface area (Å²) in [5, 5.41) is 9.51. The minimum absolute atomic E-state index is 0.0242. The van der Waals surface area contributed by atoms with Crippen LogP contribution in [0, 0.1) is 22.5 Å². The van der Waals surface area contributed by atoms with Crippen LogP contribution in [0.4, 0.5) is 8.78 Å². The summed E-state index contributed by atoms with van der Waals surface area (Å²) in [6, 6.07) is 14.0. The van der Waals surface area contributed by atoms with Gasteiger partial charge in [-0.2, -0.15) is 0 Å². The van der Waals surface area contributed by atoms with Crippen LogP contribution in [-0.2, 0) is 11.3 Å². The first-order valence-corrected chi connectivity index (χ1v) is 16.6. The second-order valence-corrected chi connectivity index (χ2v) is 13.8. The number of rotatable bonds is 8. The molecular weight excluding hydrogens is 638 g/mol. The predicted octanol–water partition coefficient (Wildman–Crippen LogP) is 9.48. The van der Waals surface area contributed by atoms with Crippen molar-refractivity contribution >= 4 is 17.1 Å². The predicted molar refractivity (Wildman–Crippen MR) is 192 cm³/mol. The van der Waals surface area contributed by atoms with E-state index in [4.69, 9.17) is 14.2 Å². The van der Waals surface area contributed by atoms with Gasteiger partial charge in [0.15, 0.2) is 0 Å². The molecule has 0 spiro atoms. The molecule has 0 saturated carbocycles. The van der Waals surface area contributed by atoms with E-state index in [1.54, 1.807) is 30.3 Å². The highest BCUT2D eigenvalue weighted by atomic mass is 19.1. The molecule has 2 aliphatic carbocycles. The number of carbonyl (C=O) groups excluding carboxylic acids is 1. The van der Waals surface area contributed by atoms with Crippen LogP contribution in [0.2, 0.25) is 0 Å². The second kappa shape index (κ2) is 14.9. The van der Waals surface area contributed by atoms with Crippen LogP contribution in [0.5, 0.6) is 11.8 Å². The molecule has 6 rings (SSSR count). The highest BCUT2D eigenvalue weighted by Gasteiger charge is 2.32. The number of hydrogen-bond donors (Lipinski definition) is 1. The molecule has 2 aromatic carbocycles. The number of esters is 1. The molecule has 4 aromatic rings. The maximum atomic E-state index is 14.5. The maximum Gasteiger partial charge on any atom is 0.337 e. The molecule has 2 aromatic heterocycles. The van der Waals surface area contributed by atoms with Crippen LogP contribution in [0.25, 0.3) is 33.4 Å². The molecule has 0 bridgehead atoms. The third kappa shape index (κ3) is 7.48. The zero-order valence-corrected chi connectivity index (χ0v) is 29.7. The summed E-state index contributed by atoms with van der Waals surface area (Å²) < 4.78 is 44.1. The number of allylic oxidation sites excluding steroid dienone is 4. The van der Waals surface area contributed by atoms with Crippen molar-refractivity contribution in [2.24, 2.45) is 10.8 Å². The highest BCUT2D eigenvalue weighted by molar-refractivity contribution is 5.94. The maximum absolute atomic E-state index is 14.5. The fourth-order valence-corrected chi connectivity index (χ4v) is 6.80. The first-order chi connectivity index (χ1) is 23.8. The summed E-state index contributed by atoms with van der Waals surface area (Å²) in [4.78, 5) is 19.8. The number of halogens is 2. The van der Waals surface area contributed by atoms with E-state index in [1.807, 2.05) is 18.2 Å². The Balaban J connectivity index is 0.000000195. The molecular formula is C41H44F2N2O5. The van der Waals surface area contributed by atoms with E-state index >= 15 is 0 Å². The van der Waals surface area contributed by atoms with Crippen molar-refractivity contribution in [2.45, 2.75) is 60.0 Å². The van der Waals surface area contributed by atoms with Crippen LogP contribution in [0.1, 0.15) is 80.4 Å². The smallest absolute Gasteiger partial charge is 0.337 e. The number of pyridine rings is 2. The summed E-state index contributed by atoms with van der Waals surface area (Å²) >= 11 is 0. The largest absolute Gasteiger partial charge is 0.481 e. The monoisotopic (exact) mass is 682 g/mol. The topological polar surface area (TPSA) is 90.8 Å². The fourth-order valence-electron chi connectivity index (χ4n) is 6.80. The lowest BCUT2D eigenvalue weighted by Crippen LogP contribution is -2.11. The van der Waals surface area contributed by atoms with Crippen LogP contribution >= 0.6 is 0 Å². The Labute approximate surface area is 292 Å². The van der Waals surface area contributed by atoms with Gasteiger partial charge in [-0.05, 0) is 93.7 Å². The van der Waals surface area contributed by atoms with E-state index in [0.717, 1.165) is 59.7 Å². The van der Waals surface area contributed by atoms with E-state index in [0.29, 0.717) is 34.0 Å². The number of methoxy groups -OCH3 is 3. The molecule has 9 heteroatoms. The molecule has 50 heavy (non-hydrogen) atoms. The number of carbonyl (C=O) groups is 1. The van der Waals surface area contributed by atoms with Gasteiger partial charge in [0, 0.05) is 23.3 Å². The van der Waals surface area contributed by atoms with Crippen molar-refractivity contribution in [3.8, 4) is 34.0 Å². The Morgan fingerprint density at radius 2 is 1.18 bits per heavy atom. The van der Waals surface area contributed by atoms with Gasteiger partial charge in [-0.15, -0.1) is 0 Å². The van der Waals surface area contributed by atoms with Gasteiger partial charge in [0.1, 0.15) is 11.6 Å². The minimum Gasteiger partial charge on any atom is -0.481 e. The molecule has 0 atom stereocenters. The van der Waals surface area contributed by atoms with Gasteiger partial charge < -0.3 is 19.3 Å². The summed E-state index contributed by atoms with van der Waals surface area (Å²) in [7, 11) is 4.36. The van der Waals surface area contributed by atoms with Gasteiger partial charge in [-0.1, -0.05) is 58.0 Å². The van der Waals surface area contributed by atoms with Crippen molar-refractivity contribution in [3.63, 3.8) is 0 Å². The lowest BCUT2D eigenvalue weighted by atomic mass is 9.79. The zero-order valence-electron chi connectivity index (χ0n) is 29.7. The number of nitrogens with zero attached hydrogens (tertiary/aromatic N) is 2. The Bertz CT molecular complexity index is 1960. The summed E-state index contributed by atoms with van der Waals surface area (Å²) in [5.41, 5.74) is 7.69. The molecule has 0 radical (unpaired) electrons. The van der Waals surface area contributed by atoms with Crippen molar-refractivity contribution in [2.75, 3.05) is 21.3 Å². The number of ether oxygens (including phenoxy) is 3. The first kappa shape index (κ1) is 36.4. The normalized spacial score (nSPS) is 15.8. The van der Waals surface area contributed by atoms with E-state index in [2.05, 4.69) is 49.8 Å². The molecule has 2 heterocycles. The van der Waals surface area contributed by atoms with Crippen molar-refractivity contribution in [1.29, 1.82) is 0 Å². The number of aliphatic hydroxyl groups is 1. The Morgan fingerprint density at radius 1 is 0.700 bits per heavy atom. The number of aromatic nitrogens is 2. The molecule has 2 aliphatic rings. The molecule has 262 valence electrons. The van der Waals surface area contributed by atoms with Gasteiger partial charge in [-0.25, -0.2) is 23.5 Å². The second-order valence-electron chi connectivity index (χ2n) is 13.8. The fraction of sp³-hybridized carbons (Fsp3) is 0.341. The van der Waals surface area contributed by atoms with Gasteiger partial charge in [0.05, 0.1) is 45.9 Å². The molecule has 0 saturated heterocycles. The van der Waals surface area contributed by atoms with Gasteiger partial charge in [0.2, 0.25) is 11.8 Å². The molecule has 1 N–H and O–H groups in total. The van der Waals surface area contributed by atoms with Crippen LogP contribution in [0.3, 0.4) is 0 Å². The zero-order chi connectivity index (χ0) is 36.2. The number of hydrogen-bond acceptors (Lipinski definition) is 7. The van der Waals surface area contributed by atoms with Crippen molar-refractivity contribution in [1.82, 2.24) is 9.97 Å². The third-order valence-corrected chi connectivity index (χ3v) is 9.64. The molecule has 0 unspecified atom stereocenters. The van der Waals surface area contributed by atoms with Gasteiger partial charge >= 0.3 is 5.97 Å². The lowest BCUT2D eigenvalue weighted by Gasteiger charge is -2.25. The standard InChI is InChI=1S/C21H22FNO3.C20H22FNO2/c1-21(2)9-5-6-17(21)15-10-13(20(24)26-4)7-8-14(15)16-11-19(25-3)23-12-18(16)22;1-20(2)8-4-5-17(20)15-9-13(12-23)6-7-14(15)16-10-19(24-3)22-11-18(16)21/h6-8,10-12H,5,9H2,1-4H3;5-7,9-11,23H,4,8,12H2,1-3H3. The molecule has 0 amide bonds. The molecule has 7 nitrogen and oxygen atoms in total. The van der Waals surface area contributed by atoms with Crippen molar-refractivity contribution < 1.29 is 32.9 Å². The SMILES string of the molecule is COC(=O)c1ccc(-c2cc(OC)ncc2F)c(C2=CCCC2(C)C)c1.COc1cc(-c2ccc(CO)cc2C2=CCCC2(C)C)c(F)cn1. The average Bonchev–Trinajstić information content (AvgIpc) is 3.67. The van der Waals surface area contributed by atoms with Crippen LogP contribution in [0.15, 0.2) is 73.1 Å². The Morgan fingerprint density at radius 3 is 1.60 bits per heavy atom. The summed E-state index contributed by atoms with van der Waals surface area (Å²) in [6.07, 6.45) is 10.7. The summed E-state index contributed by atoms with van der Waals surface area (Å²) in [6.45, 7) is 8.67. The lowest BCUT2D eigenvalue weighted by molar-refractivity contribution is 0.0600. The van der Waals surface area contributed by atoms with Crippen molar-refractivity contribution in [3.05, 3.63) is 107 Å².